The summed E-state index contributed by atoms with van der Waals surface area (Å²) in [5, 5.41) is 5.38. The topological polar surface area (TPSA) is 175 Å². The van der Waals surface area contributed by atoms with Gasteiger partial charge in [-0.15, -0.1) is 0 Å². The van der Waals surface area contributed by atoms with E-state index in [-0.39, 0.29) is 58.3 Å². The normalized spacial score (nSPS) is 23.0. The number of carbonyl (C=O) groups excluding carboxylic acids is 4. The number of alkyl carbamates (subject to hydrolysis) is 2. The number of halogens is 2. The van der Waals surface area contributed by atoms with Crippen LogP contribution in [0.4, 0.5) is 18.4 Å². The van der Waals surface area contributed by atoms with Crippen LogP contribution in [0.25, 0.3) is 44.5 Å². The number of imidazole rings is 2. The first-order valence-electron chi connectivity index (χ1n) is 22.3. The summed E-state index contributed by atoms with van der Waals surface area (Å²) in [5.41, 5.74) is 4.70. The second-order valence-corrected chi connectivity index (χ2v) is 18.7. The van der Waals surface area contributed by atoms with Crippen molar-refractivity contribution in [2.75, 3.05) is 20.8 Å². The predicted octanol–water partition coefficient (Wildman–Crippen LogP) is 8.36. The fraction of sp³-hybridized carbons (Fsp3) is 0.458. The average Bonchev–Trinajstić information content (AvgIpc) is 3.95. The third-order valence-electron chi connectivity index (χ3n) is 14.5. The quantitative estimate of drug-likeness (QED) is 0.108. The maximum atomic E-state index is 16.6. The van der Waals surface area contributed by atoms with E-state index in [1.54, 1.807) is 29.3 Å². The largest absolute Gasteiger partial charge is 0.453 e. The molecule has 2 aromatic heterocycles. The van der Waals surface area contributed by atoms with Gasteiger partial charge in [0.25, 0.3) is 5.92 Å². The highest BCUT2D eigenvalue weighted by atomic mass is 19.3. The summed E-state index contributed by atoms with van der Waals surface area (Å²) < 4.78 is 42.9. The molecule has 4 N–H and O–H groups in total. The molecular weight excluding hydrogens is 823 g/mol. The lowest BCUT2D eigenvalue weighted by molar-refractivity contribution is -0.139. The summed E-state index contributed by atoms with van der Waals surface area (Å²) in [6, 6.07) is 13.8. The van der Waals surface area contributed by atoms with Gasteiger partial charge in [0.2, 0.25) is 11.8 Å². The number of methoxy groups -OCH3 is 2. The minimum atomic E-state index is -3.28. The van der Waals surface area contributed by atoms with E-state index in [1.807, 2.05) is 56.0 Å². The zero-order valence-electron chi connectivity index (χ0n) is 36.5. The summed E-state index contributed by atoms with van der Waals surface area (Å²) in [4.78, 5) is 72.2. The van der Waals surface area contributed by atoms with Crippen molar-refractivity contribution in [2.45, 2.75) is 102 Å². The van der Waals surface area contributed by atoms with Crippen LogP contribution in [-0.2, 0) is 25.0 Å². The van der Waals surface area contributed by atoms with Crippen LogP contribution in [0, 0.1) is 17.3 Å². The van der Waals surface area contributed by atoms with E-state index in [1.165, 1.54) is 20.3 Å². The molecule has 4 heterocycles. The molecule has 6 atom stereocenters. The molecule has 334 valence electrons. The molecule has 2 aliphatic heterocycles. The van der Waals surface area contributed by atoms with Crippen LogP contribution in [0.2, 0.25) is 0 Å². The molecule has 16 heteroatoms. The molecule has 5 aromatic rings. The van der Waals surface area contributed by atoms with Crippen molar-refractivity contribution in [2.24, 2.45) is 17.3 Å². The molecule has 3 aliphatic carbocycles. The van der Waals surface area contributed by atoms with Gasteiger partial charge in [-0.2, -0.15) is 8.78 Å². The van der Waals surface area contributed by atoms with E-state index >= 15 is 8.78 Å². The average molecular weight is 875 g/mol. The number of likely N-dealkylation sites (tertiary alicyclic amines) is 2. The minimum absolute atomic E-state index is 0.0208. The summed E-state index contributed by atoms with van der Waals surface area (Å²) >= 11 is 0. The molecule has 6 unspecified atom stereocenters. The number of nitrogens with one attached hydrogen (secondary N) is 4. The van der Waals surface area contributed by atoms with Gasteiger partial charge < -0.3 is 39.9 Å². The van der Waals surface area contributed by atoms with Crippen molar-refractivity contribution in [3.8, 4) is 33.5 Å². The maximum Gasteiger partial charge on any atom is 0.407 e. The van der Waals surface area contributed by atoms with Crippen molar-refractivity contribution >= 4 is 35.0 Å². The number of ether oxygens (including phenoxy) is 2. The number of hydrogen-bond donors (Lipinski definition) is 4. The van der Waals surface area contributed by atoms with E-state index in [4.69, 9.17) is 14.5 Å². The molecule has 0 radical (unpaired) electrons. The smallest absolute Gasteiger partial charge is 0.407 e. The standard InChI is InChI=1S/C48H52F2N8O6/c1-6-34(55-45(61)63-4)43(59)57-23-47(15-16-47)21-38(57)41-51-22-37(54-41)27-9-13-31-30-12-8-25(18-32(30)48(49,50)33(31)19-27)26-10-14-35-36(20-26)53-42(52-35)40-28-7-11-29(17-28)58(40)44(60)39(24(2)3)56-46(62)64-5/h8-10,12-14,18-20,22,24,28-29,34,38-40H,6-7,11,15-17,21,23H2,1-5H3,(H,51,54)(H,52,53)(H,55,61)(H,56,62). The van der Waals surface area contributed by atoms with Crippen molar-refractivity contribution in [3.05, 3.63) is 83.6 Å². The predicted molar refractivity (Wildman–Crippen MR) is 233 cm³/mol. The number of H-pyrrole nitrogens is 2. The molecule has 14 nitrogen and oxygen atoms in total. The van der Waals surface area contributed by atoms with E-state index in [0.717, 1.165) is 49.6 Å². The highest BCUT2D eigenvalue weighted by molar-refractivity contribution is 5.89. The second-order valence-electron chi connectivity index (χ2n) is 18.7. The number of hydrogen-bond acceptors (Lipinski definition) is 8. The Morgan fingerprint density at radius 1 is 0.859 bits per heavy atom. The molecule has 4 fully saturated rings. The Balaban J connectivity index is 0.895. The van der Waals surface area contributed by atoms with Crippen LogP contribution in [0.5, 0.6) is 0 Å². The molecule has 4 amide bonds. The highest BCUT2D eigenvalue weighted by Crippen LogP contribution is 2.59. The van der Waals surface area contributed by atoms with Gasteiger partial charge in [-0.25, -0.2) is 19.6 Å². The number of benzene rings is 3. The fourth-order valence-electron chi connectivity index (χ4n) is 10.9. The Morgan fingerprint density at radius 3 is 2.22 bits per heavy atom. The fourth-order valence-corrected chi connectivity index (χ4v) is 10.9. The summed E-state index contributed by atoms with van der Waals surface area (Å²) in [6.07, 6.45) is 6.16. The lowest BCUT2D eigenvalue weighted by Crippen LogP contribution is -2.54. The van der Waals surface area contributed by atoms with Crippen LogP contribution < -0.4 is 10.6 Å². The molecule has 10 rings (SSSR count). The first-order chi connectivity index (χ1) is 30.7. The molecule has 2 bridgehead atoms. The van der Waals surface area contributed by atoms with Crippen molar-refractivity contribution in [1.82, 2.24) is 40.4 Å². The zero-order chi connectivity index (χ0) is 44.8. The Hall–Kier alpha value is -6.32. The van der Waals surface area contributed by atoms with Crippen LogP contribution in [0.15, 0.2) is 60.8 Å². The van der Waals surface area contributed by atoms with Gasteiger partial charge in [0.05, 0.1) is 49.2 Å². The number of carbonyl (C=O) groups is 4. The minimum Gasteiger partial charge on any atom is -0.453 e. The lowest BCUT2D eigenvalue weighted by Gasteiger charge is -2.37. The molecule has 5 aliphatic rings. The number of rotatable bonds is 10. The second kappa shape index (κ2) is 15.4. The Kier molecular flexibility index (Phi) is 10.1. The highest BCUT2D eigenvalue weighted by Gasteiger charge is 2.55. The zero-order valence-corrected chi connectivity index (χ0v) is 36.5. The van der Waals surface area contributed by atoms with Gasteiger partial charge >= 0.3 is 12.2 Å². The number of aromatic amines is 2. The van der Waals surface area contributed by atoms with Gasteiger partial charge in [0, 0.05) is 29.3 Å². The van der Waals surface area contributed by atoms with Crippen molar-refractivity contribution in [1.29, 1.82) is 0 Å². The first-order valence-corrected chi connectivity index (χ1v) is 22.3. The molecule has 2 saturated heterocycles. The monoisotopic (exact) mass is 874 g/mol. The molecule has 2 saturated carbocycles. The van der Waals surface area contributed by atoms with Gasteiger partial charge in [-0.1, -0.05) is 51.1 Å². The lowest BCUT2D eigenvalue weighted by atomic mass is 9.95. The number of fused-ring (bicyclic) bond motifs is 6. The van der Waals surface area contributed by atoms with Crippen LogP contribution >= 0.6 is 0 Å². The molecule has 3 aromatic carbocycles. The maximum absolute atomic E-state index is 16.6. The van der Waals surface area contributed by atoms with Gasteiger partial charge in [0.1, 0.15) is 23.7 Å². The molecular formula is C48H52F2N8O6. The summed E-state index contributed by atoms with van der Waals surface area (Å²) in [7, 11) is 2.54. The van der Waals surface area contributed by atoms with E-state index in [2.05, 4.69) is 25.6 Å². The van der Waals surface area contributed by atoms with E-state index < -0.39 is 30.2 Å². The summed E-state index contributed by atoms with van der Waals surface area (Å²) in [6.45, 7) is 6.18. The van der Waals surface area contributed by atoms with Crippen LogP contribution in [0.3, 0.4) is 0 Å². The third-order valence-corrected chi connectivity index (χ3v) is 14.5. The molecule has 1 spiro atoms. The number of amides is 4. The van der Waals surface area contributed by atoms with Crippen molar-refractivity contribution in [3.63, 3.8) is 0 Å². The Labute approximate surface area is 368 Å². The SMILES string of the molecule is CCC(NC(=O)OC)C(=O)N1CC2(CC2)CC1c1ncc(-c2ccc3c(c2)C(F)(F)c2cc(-c4ccc5nc(C6C7CCC(C7)N6C(=O)C(NC(=O)OC)C(C)C)[nH]c5c4)ccc2-3)[nH]1. The van der Waals surface area contributed by atoms with Crippen LogP contribution in [-0.4, -0.2) is 92.6 Å². The van der Waals surface area contributed by atoms with Gasteiger partial charge in [-0.05, 0) is 109 Å². The van der Waals surface area contributed by atoms with Gasteiger partial charge in [0.15, 0.2) is 0 Å². The van der Waals surface area contributed by atoms with Crippen LogP contribution in [0.1, 0.15) is 101 Å². The van der Waals surface area contributed by atoms with Crippen molar-refractivity contribution < 1.29 is 37.4 Å². The Morgan fingerprint density at radius 2 is 1.53 bits per heavy atom. The number of alkyl halides is 2. The summed E-state index contributed by atoms with van der Waals surface area (Å²) in [5.74, 6) is -2.34. The third kappa shape index (κ3) is 6.87. The number of nitrogens with zero attached hydrogens (tertiary/aromatic N) is 4. The number of piperidine rings is 1. The number of aromatic nitrogens is 4. The van der Waals surface area contributed by atoms with Gasteiger partial charge in [-0.3, -0.25) is 9.59 Å². The molecule has 64 heavy (non-hydrogen) atoms. The Bertz CT molecular complexity index is 2710. The first kappa shape index (κ1) is 41.7. The van der Waals surface area contributed by atoms with E-state index in [9.17, 15) is 19.2 Å². The van der Waals surface area contributed by atoms with E-state index in [0.29, 0.717) is 58.1 Å².